The molecule has 2 aromatic carbocycles. The van der Waals surface area contributed by atoms with Crippen LogP contribution < -0.4 is 5.32 Å². The molecule has 0 bridgehead atoms. The van der Waals surface area contributed by atoms with Crippen molar-refractivity contribution < 1.29 is 9.53 Å². The lowest BCUT2D eigenvalue weighted by Crippen LogP contribution is -2.33. The van der Waals surface area contributed by atoms with E-state index in [4.69, 9.17) is 14.7 Å². The molecule has 2 atom stereocenters. The van der Waals surface area contributed by atoms with Gasteiger partial charge in [0.15, 0.2) is 0 Å². The number of aromatic amines is 2. The van der Waals surface area contributed by atoms with Gasteiger partial charge in [0.2, 0.25) is 0 Å². The fourth-order valence-electron chi connectivity index (χ4n) is 7.34. The standard InChI is InChI=1S/C38H37N7O2S2/c1-44-15-3-5-31(44)37-41-28-14-13-25(17-29(28)42-37)27-21-49-34-26(20-48-35(27)34)22-7-9-23(10-8-22)30-18-39-36(43-30)32-6-4-16-45(32)33(24-11-12-24)19-40-38(46)47-2/h3,5,7-10,13-14,17-18,20-21,31-32H,4,6,11-12,15-16,19H2,1-2H3,(H,39,43)(H,40,46)(H,41,42). The van der Waals surface area contributed by atoms with Gasteiger partial charge in [-0.25, -0.2) is 14.8 Å². The van der Waals surface area contributed by atoms with Crippen LogP contribution in [0.15, 0.2) is 82.8 Å². The molecular weight excluding hydrogens is 651 g/mol. The van der Waals surface area contributed by atoms with Crippen LogP contribution >= 0.6 is 22.7 Å². The first-order valence-electron chi connectivity index (χ1n) is 16.8. The summed E-state index contributed by atoms with van der Waals surface area (Å²) in [6, 6.07) is 15.8. The molecule has 2 aliphatic heterocycles. The Morgan fingerprint density at radius 3 is 2.49 bits per heavy atom. The van der Waals surface area contributed by atoms with Gasteiger partial charge in [-0.3, -0.25) is 4.90 Å². The zero-order valence-corrected chi connectivity index (χ0v) is 29.1. The SMILES string of the molecule is COC(=O)NCC(=C1CC1)N1CCCC1c1ncc(-c2ccc(-c3csc4c(-c5ccc6nc(C7C=CCN7C)[nH]c6c5)csc34)cc2)[nH]1. The van der Waals surface area contributed by atoms with E-state index in [0.717, 1.165) is 72.7 Å². The zero-order valence-electron chi connectivity index (χ0n) is 27.5. The smallest absolute Gasteiger partial charge is 0.407 e. The van der Waals surface area contributed by atoms with E-state index in [2.05, 4.69) is 97.5 Å². The number of imidazole rings is 2. The van der Waals surface area contributed by atoms with Gasteiger partial charge in [-0.1, -0.05) is 42.5 Å². The number of likely N-dealkylation sites (tertiary alicyclic amines) is 1. The summed E-state index contributed by atoms with van der Waals surface area (Å²) in [5.41, 5.74) is 11.8. The minimum absolute atomic E-state index is 0.171. The number of hydrogen-bond acceptors (Lipinski definition) is 8. The Bertz CT molecular complexity index is 2250. The maximum atomic E-state index is 11.8. The molecule has 1 saturated heterocycles. The van der Waals surface area contributed by atoms with E-state index in [-0.39, 0.29) is 12.1 Å². The number of nitrogens with one attached hydrogen (secondary N) is 3. The van der Waals surface area contributed by atoms with Gasteiger partial charge in [0.1, 0.15) is 11.6 Å². The number of rotatable bonds is 8. The normalized spacial score (nSPS) is 19.1. The lowest BCUT2D eigenvalue weighted by atomic mass is 10.0. The van der Waals surface area contributed by atoms with Crippen molar-refractivity contribution in [3.63, 3.8) is 0 Å². The quantitative estimate of drug-likeness (QED) is 0.139. The minimum atomic E-state index is -0.396. The molecule has 1 amide bonds. The number of alkyl carbamates (subject to hydrolysis) is 1. The number of nitrogens with zero attached hydrogens (tertiary/aromatic N) is 4. The van der Waals surface area contributed by atoms with Crippen molar-refractivity contribution in [1.29, 1.82) is 0 Å². The van der Waals surface area contributed by atoms with Gasteiger partial charge in [0.05, 0.1) is 58.1 Å². The number of methoxy groups -OCH3 is 1. The summed E-state index contributed by atoms with van der Waals surface area (Å²) in [5, 5.41) is 7.47. The van der Waals surface area contributed by atoms with Crippen LogP contribution in [-0.2, 0) is 4.74 Å². The topological polar surface area (TPSA) is 102 Å². The summed E-state index contributed by atoms with van der Waals surface area (Å²) < 4.78 is 7.46. The summed E-state index contributed by atoms with van der Waals surface area (Å²) in [6.45, 7) is 2.41. The first kappa shape index (κ1) is 30.4. The van der Waals surface area contributed by atoms with Gasteiger partial charge in [-0.15, -0.1) is 22.7 Å². The third kappa shape index (κ3) is 5.55. The molecule has 0 radical (unpaired) electrons. The van der Waals surface area contributed by atoms with Gasteiger partial charge in [-0.2, -0.15) is 0 Å². The Kier molecular flexibility index (Phi) is 7.63. The fraction of sp³-hybridized carbons (Fsp3) is 0.289. The van der Waals surface area contributed by atoms with Gasteiger partial charge >= 0.3 is 6.09 Å². The number of carbonyl (C=O) groups is 1. The Balaban J connectivity index is 0.935. The molecule has 9 rings (SSSR count). The molecule has 6 aromatic rings. The number of carbonyl (C=O) groups excluding carboxylic acids is 1. The molecule has 11 heteroatoms. The number of ether oxygens (including phenoxy) is 1. The van der Waals surface area contributed by atoms with Crippen molar-refractivity contribution >= 4 is 49.2 Å². The summed E-state index contributed by atoms with van der Waals surface area (Å²) in [5.74, 6) is 1.98. The van der Waals surface area contributed by atoms with Crippen molar-refractivity contribution in [2.45, 2.75) is 37.8 Å². The molecule has 3 aliphatic rings. The molecule has 1 saturated carbocycles. The summed E-state index contributed by atoms with van der Waals surface area (Å²) in [7, 11) is 3.53. The van der Waals surface area contributed by atoms with E-state index in [0.29, 0.717) is 6.54 Å². The molecule has 248 valence electrons. The van der Waals surface area contributed by atoms with Gasteiger partial charge < -0.3 is 24.9 Å². The predicted molar refractivity (Wildman–Crippen MR) is 198 cm³/mol. The number of amides is 1. The minimum Gasteiger partial charge on any atom is -0.453 e. The number of benzene rings is 2. The Morgan fingerprint density at radius 2 is 1.76 bits per heavy atom. The molecule has 2 fully saturated rings. The number of thiophene rings is 2. The van der Waals surface area contributed by atoms with Crippen LogP contribution in [0.2, 0.25) is 0 Å². The average molecular weight is 688 g/mol. The van der Waals surface area contributed by atoms with Crippen molar-refractivity contribution in [3.8, 4) is 33.5 Å². The third-order valence-electron chi connectivity index (χ3n) is 10.1. The maximum absolute atomic E-state index is 11.8. The zero-order chi connectivity index (χ0) is 33.1. The first-order chi connectivity index (χ1) is 24.0. The number of hydrogen-bond donors (Lipinski definition) is 3. The van der Waals surface area contributed by atoms with Crippen LogP contribution in [0.1, 0.15) is 49.4 Å². The molecule has 9 nitrogen and oxygen atoms in total. The van der Waals surface area contributed by atoms with E-state index in [1.54, 1.807) is 0 Å². The lowest BCUT2D eigenvalue weighted by molar-refractivity contribution is 0.170. The summed E-state index contributed by atoms with van der Waals surface area (Å²) in [4.78, 5) is 33.5. The highest BCUT2D eigenvalue weighted by molar-refractivity contribution is 7.27. The Labute approximate surface area is 292 Å². The van der Waals surface area contributed by atoms with Crippen LogP contribution in [0, 0.1) is 0 Å². The molecule has 1 aliphatic carbocycles. The van der Waals surface area contributed by atoms with E-state index in [1.807, 2.05) is 28.9 Å². The van der Waals surface area contributed by atoms with Crippen molar-refractivity contribution in [3.05, 3.63) is 94.5 Å². The van der Waals surface area contributed by atoms with Gasteiger partial charge in [0.25, 0.3) is 0 Å². The first-order valence-corrected chi connectivity index (χ1v) is 18.6. The Hall–Kier alpha value is -4.71. The highest BCUT2D eigenvalue weighted by Crippen LogP contribution is 2.45. The molecule has 0 spiro atoms. The van der Waals surface area contributed by atoms with E-state index < -0.39 is 6.09 Å². The largest absolute Gasteiger partial charge is 0.453 e. The molecule has 3 N–H and O–H groups in total. The van der Waals surface area contributed by atoms with Crippen molar-refractivity contribution in [2.75, 3.05) is 33.8 Å². The summed E-state index contributed by atoms with van der Waals surface area (Å²) in [6.07, 6.45) is 10.3. The average Bonchev–Trinajstić information content (AvgIpc) is 3.76. The van der Waals surface area contributed by atoms with E-state index in [9.17, 15) is 4.79 Å². The summed E-state index contributed by atoms with van der Waals surface area (Å²) >= 11 is 3.63. The molecule has 4 aromatic heterocycles. The maximum Gasteiger partial charge on any atom is 0.407 e. The highest BCUT2D eigenvalue weighted by atomic mass is 32.1. The number of allylic oxidation sites excluding steroid dienone is 1. The van der Waals surface area contributed by atoms with Crippen LogP contribution in [0.5, 0.6) is 0 Å². The second-order valence-electron chi connectivity index (χ2n) is 13.1. The van der Waals surface area contributed by atoms with Crippen LogP contribution in [0.4, 0.5) is 4.79 Å². The van der Waals surface area contributed by atoms with Gasteiger partial charge in [0, 0.05) is 40.7 Å². The molecule has 2 unspecified atom stereocenters. The molecule has 49 heavy (non-hydrogen) atoms. The number of fused-ring (bicyclic) bond motifs is 2. The van der Waals surface area contributed by atoms with Crippen molar-refractivity contribution in [2.24, 2.45) is 0 Å². The number of likely N-dealkylation sites (N-methyl/N-ethyl adjacent to an activating group) is 1. The Morgan fingerprint density at radius 1 is 1.00 bits per heavy atom. The second kappa shape index (κ2) is 12.3. The van der Waals surface area contributed by atoms with E-state index >= 15 is 0 Å². The third-order valence-corrected chi connectivity index (χ3v) is 12.2. The van der Waals surface area contributed by atoms with Crippen LogP contribution in [0.3, 0.4) is 0 Å². The fourth-order valence-corrected chi connectivity index (χ4v) is 9.80. The van der Waals surface area contributed by atoms with Crippen molar-refractivity contribution in [1.82, 2.24) is 35.1 Å². The monoisotopic (exact) mass is 687 g/mol. The number of aromatic nitrogens is 4. The molecular formula is C38H37N7O2S2. The van der Waals surface area contributed by atoms with Crippen LogP contribution in [0.25, 0.3) is 53.9 Å². The van der Waals surface area contributed by atoms with Gasteiger partial charge in [-0.05, 0) is 67.1 Å². The predicted octanol–water partition coefficient (Wildman–Crippen LogP) is 8.65. The lowest BCUT2D eigenvalue weighted by Gasteiger charge is -2.28. The van der Waals surface area contributed by atoms with Crippen LogP contribution in [-0.4, -0.2) is 69.6 Å². The second-order valence-corrected chi connectivity index (χ2v) is 14.9. The number of H-pyrrole nitrogens is 2. The molecule has 6 heterocycles. The van der Waals surface area contributed by atoms with E-state index in [1.165, 1.54) is 50.0 Å². The highest BCUT2D eigenvalue weighted by Gasteiger charge is 2.33.